The van der Waals surface area contributed by atoms with Crippen LogP contribution in [0.4, 0.5) is 10.5 Å². The van der Waals surface area contributed by atoms with Crippen LogP contribution in [-0.4, -0.2) is 35.9 Å². The van der Waals surface area contributed by atoms with E-state index in [9.17, 15) is 14.4 Å². The van der Waals surface area contributed by atoms with Crippen LogP contribution in [0.25, 0.3) is 0 Å². The number of nitrogens with one attached hydrogen (secondary N) is 2. The maximum absolute atomic E-state index is 12.8. The summed E-state index contributed by atoms with van der Waals surface area (Å²) in [6, 6.07) is 9.64. The summed E-state index contributed by atoms with van der Waals surface area (Å²) < 4.78 is 11.0. The Morgan fingerprint density at radius 1 is 1.26 bits per heavy atom. The molecule has 27 heavy (non-hydrogen) atoms. The number of benzene rings is 1. The van der Waals surface area contributed by atoms with Gasteiger partial charge in [-0.1, -0.05) is 12.1 Å². The molecule has 1 aliphatic heterocycles. The first-order valence-corrected chi connectivity index (χ1v) is 8.58. The number of carbonyl (C=O) groups excluding carboxylic acids is 3. The summed E-state index contributed by atoms with van der Waals surface area (Å²) in [7, 11) is 0. The van der Waals surface area contributed by atoms with Gasteiger partial charge in [-0.2, -0.15) is 0 Å². The smallest absolute Gasteiger partial charge is 0.325 e. The Morgan fingerprint density at radius 3 is 2.67 bits per heavy atom. The van der Waals surface area contributed by atoms with Crippen LogP contribution in [0.3, 0.4) is 0 Å². The average Bonchev–Trinajstić information content (AvgIpc) is 3.15. The predicted molar refractivity (Wildman–Crippen MR) is 97.3 cm³/mol. The minimum absolute atomic E-state index is 0.322. The van der Waals surface area contributed by atoms with Gasteiger partial charge in [0, 0.05) is 0 Å². The molecule has 2 N–H and O–H groups in total. The number of furan rings is 1. The van der Waals surface area contributed by atoms with E-state index < -0.39 is 29.9 Å². The third-order valence-corrected chi connectivity index (χ3v) is 4.27. The van der Waals surface area contributed by atoms with Crippen LogP contribution in [0.2, 0.25) is 0 Å². The van der Waals surface area contributed by atoms with Crippen molar-refractivity contribution in [3.8, 4) is 5.75 Å². The number of para-hydroxylation sites is 2. The van der Waals surface area contributed by atoms with Crippen molar-refractivity contribution in [2.45, 2.75) is 26.3 Å². The van der Waals surface area contributed by atoms with Gasteiger partial charge in [0.05, 0.1) is 12.3 Å². The van der Waals surface area contributed by atoms with E-state index in [1.807, 2.05) is 6.92 Å². The van der Waals surface area contributed by atoms with E-state index >= 15 is 0 Å². The van der Waals surface area contributed by atoms with E-state index in [2.05, 4.69) is 10.6 Å². The highest BCUT2D eigenvalue weighted by Crippen LogP contribution is 2.30. The molecule has 0 aliphatic carbocycles. The number of hydrogen-bond donors (Lipinski definition) is 2. The van der Waals surface area contributed by atoms with Crippen molar-refractivity contribution in [1.29, 1.82) is 0 Å². The topological polar surface area (TPSA) is 101 Å². The molecule has 0 saturated carbocycles. The van der Waals surface area contributed by atoms with Crippen LogP contribution in [0.1, 0.15) is 25.4 Å². The highest BCUT2D eigenvalue weighted by molar-refractivity contribution is 6.10. The van der Waals surface area contributed by atoms with Crippen molar-refractivity contribution in [1.82, 2.24) is 10.2 Å². The van der Waals surface area contributed by atoms with Gasteiger partial charge in [0.25, 0.3) is 5.91 Å². The molecule has 0 bridgehead atoms. The summed E-state index contributed by atoms with van der Waals surface area (Å²) in [5.74, 6) is 0.405. The zero-order chi connectivity index (χ0) is 19.6. The van der Waals surface area contributed by atoms with Gasteiger partial charge < -0.3 is 19.8 Å². The lowest BCUT2D eigenvalue weighted by atomic mass is 9.99. The number of amides is 4. The molecule has 4 amide bonds. The Bertz CT molecular complexity index is 891. The summed E-state index contributed by atoms with van der Waals surface area (Å²) in [5, 5.41) is 5.27. The van der Waals surface area contributed by atoms with Gasteiger partial charge in [-0.05, 0) is 45.0 Å². The molecule has 2 heterocycles. The Morgan fingerprint density at radius 2 is 2.00 bits per heavy atom. The van der Waals surface area contributed by atoms with E-state index in [4.69, 9.17) is 9.15 Å². The second-order valence-electron chi connectivity index (χ2n) is 6.33. The summed E-state index contributed by atoms with van der Waals surface area (Å²) in [6.45, 7) is 5.16. The number of carbonyl (C=O) groups is 3. The number of aryl methyl sites for hydroxylation is 1. The number of urea groups is 1. The lowest BCUT2D eigenvalue weighted by molar-refractivity contribution is -0.134. The zero-order valence-electron chi connectivity index (χ0n) is 15.4. The molecule has 1 fully saturated rings. The summed E-state index contributed by atoms with van der Waals surface area (Å²) in [6.07, 6.45) is 0. The fourth-order valence-electron chi connectivity index (χ4n) is 2.90. The molecule has 8 heteroatoms. The number of rotatable bonds is 6. The van der Waals surface area contributed by atoms with E-state index in [0.717, 1.165) is 4.90 Å². The third kappa shape index (κ3) is 3.51. The molecule has 1 aromatic heterocycles. The van der Waals surface area contributed by atoms with E-state index in [-0.39, 0.29) is 0 Å². The van der Waals surface area contributed by atoms with E-state index in [0.29, 0.717) is 29.6 Å². The molecular weight excluding hydrogens is 350 g/mol. The Kier molecular flexibility index (Phi) is 4.89. The third-order valence-electron chi connectivity index (χ3n) is 4.27. The first kappa shape index (κ1) is 18.5. The highest BCUT2D eigenvalue weighted by atomic mass is 16.5. The molecule has 1 aromatic carbocycles. The van der Waals surface area contributed by atoms with Crippen molar-refractivity contribution in [2.75, 3.05) is 18.5 Å². The van der Waals surface area contributed by atoms with Crippen molar-refractivity contribution >= 4 is 23.5 Å². The van der Waals surface area contributed by atoms with Gasteiger partial charge in [-0.15, -0.1) is 0 Å². The van der Waals surface area contributed by atoms with Gasteiger partial charge >= 0.3 is 6.03 Å². The lowest BCUT2D eigenvalue weighted by Crippen LogP contribution is -2.41. The molecule has 8 nitrogen and oxygen atoms in total. The number of ether oxygens (including phenoxy) is 1. The molecule has 0 radical (unpaired) electrons. The van der Waals surface area contributed by atoms with Crippen LogP contribution >= 0.6 is 0 Å². The SMILES string of the molecule is CCOc1ccccc1NC(=O)CN1C(=O)N[C@@](C)(c2ccc(C)o2)C1=O. The maximum atomic E-state index is 12.8. The standard InChI is InChI=1S/C19H21N3O5/c1-4-26-14-8-6-5-7-13(14)20-16(23)11-22-17(24)19(3,21-18(22)25)15-10-9-12(2)27-15/h5-10H,4,11H2,1-3H3,(H,20,23)(H,21,25)/t19-/m0/s1. The van der Waals surface area contributed by atoms with Gasteiger partial charge in [-0.3, -0.25) is 14.5 Å². The van der Waals surface area contributed by atoms with Gasteiger partial charge in [0.2, 0.25) is 5.91 Å². The molecule has 2 aromatic rings. The van der Waals surface area contributed by atoms with Gasteiger partial charge in [0.1, 0.15) is 23.8 Å². The molecule has 1 aliphatic rings. The molecule has 1 atom stereocenters. The summed E-state index contributed by atoms with van der Waals surface area (Å²) >= 11 is 0. The number of nitrogens with zero attached hydrogens (tertiary/aromatic N) is 1. The first-order chi connectivity index (χ1) is 12.8. The Balaban J connectivity index is 1.73. The number of imide groups is 1. The van der Waals surface area contributed by atoms with Crippen molar-refractivity contribution in [3.05, 3.63) is 47.9 Å². The van der Waals surface area contributed by atoms with E-state index in [1.54, 1.807) is 50.2 Å². The first-order valence-electron chi connectivity index (χ1n) is 8.58. The number of anilines is 1. The minimum Gasteiger partial charge on any atom is -0.492 e. The van der Waals surface area contributed by atoms with Gasteiger partial charge in [0.15, 0.2) is 5.54 Å². The molecular formula is C19H21N3O5. The van der Waals surface area contributed by atoms with Crippen molar-refractivity contribution in [3.63, 3.8) is 0 Å². The van der Waals surface area contributed by atoms with Gasteiger partial charge in [-0.25, -0.2) is 4.79 Å². The Labute approximate surface area is 156 Å². The van der Waals surface area contributed by atoms with Crippen molar-refractivity contribution < 1.29 is 23.5 Å². The average molecular weight is 371 g/mol. The van der Waals surface area contributed by atoms with Crippen LogP contribution < -0.4 is 15.4 Å². The zero-order valence-corrected chi connectivity index (χ0v) is 15.4. The summed E-state index contributed by atoms with van der Waals surface area (Å²) in [4.78, 5) is 38.3. The molecule has 0 unspecified atom stereocenters. The molecule has 3 rings (SSSR count). The fraction of sp³-hybridized carbons (Fsp3) is 0.316. The second kappa shape index (κ2) is 7.14. The molecule has 142 valence electrons. The second-order valence-corrected chi connectivity index (χ2v) is 6.33. The minimum atomic E-state index is -1.34. The van der Waals surface area contributed by atoms with Crippen molar-refractivity contribution in [2.24, 2.45) is 0 Å². The van der Waals surface area contributed by atoms with E-state index in [1.165, 1.54) is 0 Å². The quantitative estimate of drug-likeness (QED) is 0.760. The summed E-state index contributed by atoms with van der Waals surface area (Å²) in [5.41, 5.74) is -0.865. The monoisotopic (exact) mass is 371 g/mol. The Hall–Kier alpha value is -3.29. The highest BCUT2D eigenvalue weighted by Gasteiger charge is 2.51. The largest absolute Gasteiger partial charge is 0.492 e. The lowest BCUT2D eigenvalue weighted by Gasteiger charge is -2.19. The fourth-order valence-corrected chi connectivity index (χ4v) is 2.90. The van der Waals surface area contributed by atoms with Crippen LogP contribution in [0, 0.1) is 6.92 Å². The number of hydrogen-bond acceptors (Lipinski definition) is 5. The van der Waals surface area contributed by atoms with Crippen LogP contribution in [0.15, 0.2) is 40.8 Å². The van der Waals surface area contributed by atoms with Crippen LogP contribution in [0.5, 0.6) is 5.75 Å². The van der Waals surface area contributed by atoms with Crippen LogP contribution in [-0.2, 0) is 15.1 Å². The predicted octanol–water partition coefficient (Wildman–Crippen LogP) is 2.39. The molecule has 1 saturated heterocycles. The normalized spacial score (nSPS) is 19.1. The molecule has 0 spiro atoms. The maximum Gasteiger partial charge on any atom is 0.325 e.